The SMILES string of the molecule is COC(=O)c1cccc([C@H]2C[C@H](N)c3ccccc3O2)c1. The molecule has 4 nitrogen and oxygen atoms in total. The highest BCUT2D eigenvalue weighted by Gasteiger charge is 2.27. The van der Waals surface area contributed by atoms with Gasteiger partial charge in [-0.15, -0.1) is 0 Å². The number of ether oxygens (including phenoxy) is 2. The predicted molar refractivity (Wildman–Crippen MR) is 79.1 cm³/mol. The molecule has 1 aliphatic heterocycles. The highest BCUT2D eigenvalue weighted by molar-refractivity contribution is 5.89. The molecule has 21 heavy (non-hydrogen) atoms. The number of para-hydroxylation sites is 1. The Morgan fingerprint density at radius 3 is 2.86 bits per heavy atom. The zero-order chi connectivity index (χ0) is 14.8. The molecule has 108 valence electrons. The normalized spacial score (nSPS) is 20.3. The van der Waals surface area contributed by atoms with Crippen LogP contribution in [0.1, 0.15) is 40.1 Å². The number of carbonyl (C=O) groups is 1. The minimum Gasteiger partial charge on any atom is -0.485 e. The summed E-state index contributed by atoms with van der Waals surface area (Å²) < 4.78 is 10.8. The molecule has 2 aromatic rings. The minimum atomic E-state index is -0.350. The average molecular weight is 283 g/mol. The number of rotatable bonds is 2. The lowest BCUT2D eigenvalue weighted by molar-refractivity contribution is 0.0600. The van der Waals surface area contributed by atoms with Gasteiger partial charge in [-0.25, -0.2) is 4.79 Å². The Morgan fingerprint density at radius 2 is 2.05 bits per heavy atom. The summed E-state index contributed by atoms with van der Waals surface area (Å²) in [4.78, 5) is 11.6. The van der Waals surface area contributed by atoms with Crippen LogP contribution in [0.25, 0.3) is 0 Å². The van der Waals surface area contributed by atoms with E-state index < -0.39 is 0 Å². The third-order valence-electron chi connectivity index (χ3n) is 3.74. The third-order valence-corrected chi connectivity index (χ3v) is 3.74. The molecule has 2 atom stereocenters. The smallest absolute Gasteiger partial charge is 0.337 e. The van der Waals surface area contributed by atoms with Crippen LogP contribution in [0.15, 0.2) is 48.5 Å². The van der Waals surface area contributed by atoms with Gasteiger partial charge in [0.2, 0.25) is 0 Å². The molecule has 2 N–H and O–H groups in total. The first-order valence-corrected chi connectivity index (χ1v) is 6.88. The molecule has 0 saturated carbocycles. The molecule has 2 aromatic carbocycles. The van der Waals surface area contributed by atoms with Crippen LogP contribution in [0.4, 0.5) is 0 Å². The van der Waals surface area contributed by atoms with Crippen molar-refractivity contribution in [1.82, 2.24) is 0 Å². The number of hydrogen-bond acceptors (Lipinski definition) is 4. The first-order chi connectivity index (χ1) is 10.2. The van der Waals surface area contributed by atoms with Crippen molar-refractivity contribution in [2.75, 3.05) is 7.11 Å². The Labute approximate surface area is 123 Å². The Balaban J connectivity index is 1.91. The lowest BCUT2D eigenvalue weighted by Gasteiger charge is -2.30. The third kappa shape index (κ3) is 2.62. The van der Waals surface area contributed by atoms with E-state index in [2.05, 4.69) is 0 Å². The van der Waals surface area contributed by atoms with E-state index in [1.165, 1.54) is 7.11 Å². The Bertz CT molecular complexity index is 669. The number of nitrogens with two attached hydrogens (primary N) is 1. The largest absolute Gasteiger partial charge is 0.485 e. The molecular weight excluding hydrogens is 266 g/mol. The molecule has 0 bridgehead atoms. The lowest BCUT2D eigenvalue weighted by Crippen LogP contribution is -2.24. The van der Waals surface area contributed by atoms with Gasteiger partial charge in [-0.05, 0) is 23.8 Å². The quantitative estimate of drug-likeness (QED) is 0.861. The van der Waals surface area contributed by atoms with Gasteiger partial charge < -0.3 is 15.2 Å². The molecule has 1 heterocycles. The van der Waals surface area contributed by atoms with E-state index >= 15 is 0 Å². The van der Waals surface area contributed by atoms with Crippen molar-refractivity contribution in [3.05, 3.63) is 65.2 Å². The van der Waals surface area contributed by atoms with Crippen molar-refractivity contribution >= 4 is 5.97 Å². The number of esters is 1. The summed E-state index contributed by atoms with van der Waals surface area (Å²) >= 11 is 0. The summed E-state index contributed by atoms with van der Waals surface area (Å²) in [6, 6.07) is 15.0. The van der Waals surface area contributed by atoms with Gasteiger partial charge in [0.1, 0.15) is 11.9 Å². The van der Waals surface area contributed by atoms with Gasteiger partial charge in [-0.1, -0.05) is 30.3 Å². The molecule has 1 aliphatic rings. The zero-order valence-electron chi connectivity index (χ0n) is 11.8. The van der Waals surface area contributed by atoms with Crippen LogP contribution in [-0.4, -0.2) is 13.1 Å². The second-order valence-electron chi connectivity index (χ2n) is 5.10. The van der Waals surface area contributed by atoms with Crippen molar-refractivity contribution in [1.29, 1.82) is 0 Å². The van der Waals surface area contributed by atoms with Crippen molar-refractivity contribution in [3.8, 4) is 5.75 Å². The molecule has 0 aliphatic carbocycles. The van der Waals surface area contributed by atoms with E-state index in [0.29, 0.717) is 12.0 Å². The van der Waals surface area contributed by atoms with Gasteiger partial charge in [0.15, 0.2) is 0 Å². The minimum absolute atomic E-state index is 0.0678. The van der Waals surface area contributed by atoms with Gasteiger partial charge in [-0.3, -0.25) is 0 Å². The van der Waals surface area contributed by atoms with Crippen LogP contribution in [-0.2, 0) is 4.74 Å². The van der Waals surface area contributed by atoms with Gasteiger partial charge in [0, 0.05) is 18.0 Å². The zero-order valence-corrected chi connectivity index (χ0v) is 11.8. The van der Waals surface area contributed by atoms with Crippen molar-refractivity contribution < 1.29 is 14.3 Å². The number of benzene rings is 2. The molecule has 3 rings (SSSR count). The summed E-state index contributed by atoms with van der Waals surface area (Å²) in [5.41, 5.74) is 8.70. The summed E-state index contributed by atoms with van der Waals surface area (Å²) in [5, 5.41) is 0. The van der Waals surface area contributed by atoms with Crippen LogP contribution in [0.5, 0.6) is 5.75 Å². The molecule has 0 fully saturated rings. The first-order valence-electron chi connectivity index (χ1n) is 6.88. The van der Waals surface area contributed by atoms with Crippen LogP contribution in [0.2, 0.25) is 0 Å². The standard InChI is InChI=1S/C17H17NO3/c1-20-17(19)12-6-4-5-11(9-12)16-10-14(18)13-7-2-3-8-15(13)21-16/h2-9,14,16H,10,18H2,1H3/t14-,16+/m0/s1. The number of carbonyl (C=O) groups excluding carboxylic acids is 1. The van der Waals surface area contributed by atoms with Crippen molar-refractivity contribution in [2.24, 2.45) is 5.73 Å². The fourth-order valence-electron chi connectivity index (χ4n) is 2.64. The van der Waals surface area contributed by atoms with E-state index in [0.717, 1.165) is 16.9 Å². The average Bonchev–Trinajstić information content (AvgIpc) is 2.54. The van der Waals surface area contributed by atoms with Gasteiger partial charge >= 0.3 is 5.97 Å². The van der Waals surface area contributed by atoms with Crippen molar-refractivity contribution in [3.63, 3.8) is 0 Å². The van der Waals surface area contributed by atoms with Crippen molar-refractivity contribution in [2.45, 2.75) is 18.6 Å². The number of fused-ring (bicyclic) bond motifs is 1. The number of hydrogen-bond donors (Lipinski definition) is 1. The van der Waals surface area contributed by atoms with Gasteiger partial charge in [0.25, 0.3) is 0 Å². The second-order valence-corrected chi connectivity index (χ2v) is 5.10. The Morgan fingerprint density at radius 1 is 1.24 bits per heavy atom. The molecule has 0 spiro atoms. The monoisotopic (exact) mass is 283 g/mol. The van der Waals surface area contributed by atoms with E-state index in [1.54, 1.807) is 12.1 Å². The first kappa shape index (κ1) is 13.6. The van der Waals surface area contributed by atoms with E-state index in [4.69, 9.17) is 15.2 Å². The maximum atomic E-state index is 11.6. The maximum absolute atomic E-state index is 11.6. The topological polar surface area (TPSA) is 61.5 Å². The molecule has 0 saturated heterocycles. The molecule has 0 amide bonds. The van der Waals surface area contributed by atoms with E-state index in [-0.39, 0.29) is 18.1 Å². The summed E-state index contributed by atoms with van der Waals surface area (Å²) in [7, 11) is 1.37. The maximum Gasteiger partial charge on any atom is 0.337 e. The lowest BCUT2D eigenvalue weighted by atomic mass is 9.93. The molecule has 4 heteroatoms. The highest BCUT2D eigenvalue weighted by Crippen LogP contribution is 2.39. The molecular formula is C17H17NO3. The van der Waals surface area contributed by atoms with Crippen LogP contribution in [0, 0.1) is 0 Å². The second kappa shape index (κ2) is 5.58. The van der Waals surface area contributed by atoms with Gasteiger partial charge in [-0.2, -0.15) is 0 Å². The van der Waals surface area contributed by atoms with Gasteiger partial charge in [0.05, 0.1) is 12.7 Å². The Hall–Kier alpha value is -2.33. The van der Waals surface area contributed by atoms with E-state index in [1.807, 2.05) is 36.4 Å². The molecule has 0 aromatic heterocycles. The summed E-state index contributed by atoms with van der Waals surface area (Å²) in [6.07, 6.45) is 0.529. The summed E-state index contributed by atoms with van der Waals surface area (Å²) in [6.45, 7) is 0. The fraction of sp³-hybridized carbons (Fsp3) is 0.235. The van der Waals surface area contributed by atoms with Crippen LogP contribution >= 0.6 is 0 Å². The molecule has 0 radical (unpaired) electrons. The van der Waals surface area contributed by atoms with Crippen LogP contribution < -0.4 is 10.5 Å². The predicted octanol–water partition coefficient (Wildman–Crippen LogP) is 3.00. The Kier molecular flexibility index (Phi) is 3.62. The van der Waals surface area contributed by atoms with Crippen LogP contribution in [0.3, 0.4) is 0 Å². The molecule has 0 unspecified atom stereocenters. The summed E-state index contributed by atoms with van der Waals surface area (Å²) in [5.74, 6) is 0.460. The van der Waals surface area contributed by atoms with E-state index in [9.17, 15) is 4.79 Å². The number of methoxy groups -OCH3 is 1. The fourth-order valence-corrected chi connectivity index (χ4v) is 2.64. The highest BCUT2D eigenvalue weighted by atomic mass is 16.5.